The van der Waals surface area contributed by atoms with Gasteiger partial charge in [-0.1, -0.05) is 18.2 Å². The molecule has 0 amide bonds. The number of nitro benzene ring substituents is 1. The summed E-state index contributed by atoms with van der Waals surface area (Å²) in [6.07, 6.45) is 0. The Hall–Kier alpha value is -2.67. The van der Waals surface area contributed by atoms with Gasteiger partial charge in [0.15, 0.2) is 0 Å². The van der Waals surface area contributed by atoms with Crippen LogP contribution >= 0.6 is 0 Å². The summed E-state index contributed by atoms with van der Waals surface area (Å²) in [6.45, 7) is 3.46. The predicted octanol–water partition coefficient (Wildman–Crippen LogP) is 3.40. The van der Waals surface area contributed by atoms with Crippen LogP contribution in [0.3, 0.4) is 0 Å². The first-order chi connectivity index (χ1) is 10.8. The maximum absolute atomic E-state index is 12.9. The van der Waals surface area contributed by atoms with E-state index in [9.17, 15) is 18.5 Å². The monoisotopic (exact) mass is 330 g/mol. The molecule has 2 aromatic carbocycles. The van der Waals surface area contributed by atoms with E-state index < -0.39 is 14.9 Å². The van der Waals surface area contributed by atoms with Crippen molar-refractivity contribution >= 4 is 26.6 Å². The number of hydrogen-bond donors (Lipinski definition) is 0. The topological polar surface area (TPSA) is 82.2 Å². The lowest BCUT2D eigenvalue weighted by Crippen LogP contribution is -2.14. The molecule has 0 fully saturated rings. The fraction of sp³-hybridized carbons (Fsp3) is 0.125. The van der Waals surface area contributed by atoms with Gasteiger partial charge in [-0.3, -0.25) is 10.1 Å². The quantitative estimate of drug-likeness (QED) is 0.544. The van der Waals surface area contributed by atoms with E-state index in [1.165, 1.54) is 34.3 Å². The number of aromatic nitrogens is 1. The Morgan fingerprint density at radius 1 is 1.04 bits per heavy atom. The normalized spacial score (nSPS) is 11.7. The van der Waals surface area contributed by atoms with Crippen LogP contribution in [0.4, 0.5) is 5.69 Å². The molecule has 6 nitrogen and oxygen atoms in total. The first kappa shape index (κ1) is 15.2. The van der Waals surface area contributed by atoms with E-state index in [4.69, 9.17) is 0 Å². The molecule has 0 atom stereocenters. The zero-order chi connectivity index (χ0) is 16.8. The van der Waals surface area contributed by atoms with Crippen molar-refractivity contribution in [1.29, 1.82) is 0 Å². The molecule has 0 saturated heterocycles. The second-order valence-electron chi connectivity index (χ2n) is 5.25. The number of rotatable bonds is 3. The summed E-state index contributed by atoms with van der Waals surface area (Å²) in [4.78, 5) is 10.6. The number of nitrogens with zero attached hydrogens (tertiary/aromatic N) is 2. The highest BCUT2D eigenvalue weighted by molar-refractivity contribution is 7.90. The van der Waals surface area contributed by atoms with Gasteiger partial charge in [0.25, 0.3) is 15.7 Å². The van der Waals surface area contributed by atoms with Crippen molar-refractivity contribution in [3.63, 3.8) is 0 Å². The number of aryl methyl sites for hydroxylation is 1. The summed E-state index contributed by atoms with van der Waals surface area (Å²) < 4.78 is 27.1. The molecule has 23 heavy (non-hydrogen) atoms. The first-order valence-corrected chi connectivity index (χ1v) is 8.34. The van der Waals surface area contributed by atoms with Crippen molar-refractivity contribution in [3.8, 4) is 0 Å². The highest BCUT2D eigenvalue weighted by Gasteiger charge is 2.24. The third-order valence-corrected chi connectivity index (χ3v) is 5.76. The van der Waals surface area contributed by atoms with Gasteiger partial charge < -0.3 is 0 Å². The number of hydrogen-bond acceptors (Lipinski definition) is 4. The van der Waals surface area contributed by atoms with Crippen LogP contribution in [0.5, 0.6) is 0 Å². The SMILES string of the molecule is Cc1c(C)n(S(=O)(=O)c2ccccc2)c2ccc([N+](=O)[O-])cc12. The van der Waals surface area contributed by atoms with E-state index in [0.717, 1.165) is 0 Å². The second kappa shape index (κ2) is 5.20. The smallest absolute Gasteiger partial charge is 0.258 e. The van der Waals surface area contributed by atoms with Gasteiger partial charge in [-0.05, 0) is 37.6 Å². The van der Waals surface area contributed by atoms with Crippen molar-refractivity contribution in [3.05, 3.63) is 69.9 Å². The van der Waals surface area contributed by atoms with E-state index in [2.05, 4.69) is 0 Å². The van der Waals surface area contributed by atoms with Crippen LogP contribution in [0.1, 0.15) is 11.3 Å². The van der Waals surface area contributed by atoms with Crippen LogP contribution in [0.15, 0.2) is 53.4 Å². The molecule has 0 aliphatic carbocycles. The standard InChI is InChI=1S/C16H14N2O4S/c1-11-12(2)17(23(21,22)14-6-4-3-5-7-14)16-9-8-13(18(19)20)10-15(11)16/h3-10H,1-2H3. The van der Waals surface area contributed by atoms with Crippen molar-refractivity contribution in [2.75, 3.05) is 0 Å². The molecule has 0 saturated carbocycles. The van der Waals surface area contributed by atoms with Gasteiger partial charge in [-0.2, -0.15) is 0 Å². The zero-order valence-corrected chi connectivity index (χ0v) is 13.4. The summed E-state index contributed by atoms with van der Waals surface area (Å²) in [7, 11) is -3.76. The van der Waals surface area contributed by atoms with Crippen molar-refractivity contribution in [1.82, 2.24) is 3.97 Å². The molecule has 0 spiro atoms. The molecule has 0 unspecified atom stereocenters. The van der Waals surface area contributed by atoms with Crippen molar-refractivity contribution in [2.45, 2.75) is 18.7 Å². The molecule has 0 bridgehead atoms. The largest absolute Gasteiger partial charge is 0.270 e. The lowest BCUT2D eigenvalue weighted by atomic mass is 10.1. The number of benzene rings is 2. The molecule has 1 heterocycles. The maximum Gasteiger partial charge on any atom is 0.270 e. The summed E-state index contributed by atoms with van der Waals surface area (Å²) in [5.41, 5.74) is 1.64. The van der Waals surface area contributed by atoms with Gasteiger partial charge in [-0.25, -0.2) is 12.4 Å². The van der Waals surface area contributed by atoms with E-state index in [0.29, 0.717) is 22.2 Å². The lowest BCUT2D eigenvalue weighted by molar-refractivity contribution is -0.384. The Morgan fingerprint density at radius 3 is 2.30 bits per heavy atom. The van der Waals surface area contributed by atoms with E-state index in [1.807, 2.05) is 0 Å². The Morgan fingerprint density at radius 2 is 1.70 bits per heavy atom. The molecule has 118 valence electrons. The average molecular weight is 330 g/mol. The number of non-ortho nitro benzene ring substituents is 1. The molecule has 1 aromatic heterocycles. The van der Waals surface area contributed by atoms with Gasteiger partial charge in [-0.15, -0.1) is 0 Å². The van der Waals surface area contributed by atoms with Crippen LogP contribution < -0.4 is 0 Å². The second-order valence-corrected chi connectivity index (χ2v) is 7.04. The van der Waals surface area contributed by atoms with Gasteiger partial charge >= 0.3 is 0 Å². The minimum atomic E-state index is -3.76. The molecule has 7 heteroatoms. The van der Waals surface area contributed by atoms with Crippen LogP contribution in [0.2, 0.25) is 0 Å². The Balaban J connectivity index is 2.35. The van der Waals surface area contributed by atoms with E-state index >= 15 is 0 Å². The average Bonchev–Trinajstić information content (AvgIpc) is 2.79. The molecule has 3 aromatic rings. The van der Waals surface area contributed by atoms with Crippen LogP contribution in [-0.4, -0.2) is 17.3 Å². The Labute approximate surface area is 133 Å². The molecule has 3 rings (SSSR count). The molecule has 0 N–H and O–H groups in total. The minimum absolute atomic E-state index is 0.0603. The fourth-order valence-corrected chi connectivity index (χ4v) is 4.28. The molecule has 0 aliphatic heterocycles. The van der Waals surface area contributed by atoms with Gasteiger partial charge in [0.1, 0.15) is 0 Å². The summed E-state index contributed by atoms with van der Waals surface area (Å²) in [5.74, 6) is 0. The first-order valence-electron chi connectivity index (χ1n) is 6.90. The number of fused-ring (bicyclic) bond motifs is 1. The predicted molar refractivity (Wildman–Crippen MR) is 87.1 cm³/mol. The van der Waals surface area contributed by atoms with Gasteiger partial charge in [0.2, 0.25) is 0 Å². The molecular formula is C16H14N2O4S. The maximum atomic E-state index is 12.9. The van der Waals surface area contributed by atoms with Crippen LogP contribution in [-0.2, 0) is 10.0 Å². The molecular weight excluding hydrogens is 316 g/mol. The summed E-state index contributed by atoms with van der Waals surface area (Å²) >= 11 is 0. The third kappa shape index (κ3) is 2.29. The lowest BCUT2D eigenvalue weighted by Gasteiger charge is -2.10. The van der Waals surface area contributed by atoms with Gasteiger partial charge in [0, 0.05) is 23.2 Å². The molecule has 0 radical (unpaired) electrons. The highest BCUT2D eigenvalue weighted by Crippen LogP contribution is 2.31. The summed E-state index contributed by atoms with van der Waals surface area (Å²) in [6, 6.07) is 12.3. The summed E-state index contributed by atoms with van der Waals surface area (Å²) in [5, 5.41) is 11.5. The minimum Gasteiger partial charge on any atom is -0.258 e. The Kier molecular flexibility index (Phi) is 3.45. The van der Waals surface area contributed by atoms with Crippen molar-refractivity contribution < 1.29 is 13.3 Å². The van der Waals surface area contributed by atoms with E-state index in [1.54, 1.807) is 32.0 Å². The van der Waals surface area contributed by atoms with Crippen molar-refractivity contribution in [2.24, 2.45) is 0 Å². The number of nitro groups is 1. The zero-order valence-electron chi connectivity index (χ0n) is 12.6. The molecule has 0 aliphatic rings. The fourth-order valence-electron chi connectivity index (χ4n) is 2.65. The highest BCUT2D eigenvalue weighted by atomic mass is 32.2. The van der Waals surface area contributed by atoms with E-state index in [-0.39, 0.29) is 10.6 Å². The van der Waals surface area contributed by atoms with Crippen LogP contribution in [0, 0.1) is 24.0 Å². The van der Waals surface area contributed by atoms with Gasteiger partial charge in [0.05, 0.1) is 15.3 Å². The van der Waals surface area contributed by atoms with Crippen LogP contribution in [0.25, 0.3) is 10.9 Å². The Bertz CT molecular complexity index is 1020. The third-order valence-electron chi connectivity index (χ3n) is 3.94.